The van der Waals surface area contributed by atoms with Crippen molar-refractivity contribution in [3.63, 3.8) is 0 Å². The van der Waals surface area contributed by atoms with Crippen LogP contribution in [0.2, 0.25) is 0 Å². The van der Waals surface area contributed by atoms with Crippen LogP contribution in [0.5, 0.6) is 0 Å². The molecule has 1 heterocycles. The summed E-state index contributed by atoms with van der Waals surface area (Å²) in [6.07, 6.45) is 2.40. The van der Waals surface area contributed by atoms with E-state index in [-0.39, 0.29) is 12.4 Å². The molecule has 1 saturated heterocycles. The van der Waals surface area contributed by atoms with Crippen molar-refractivity contribution in [1.29, 1.82) is 0 Å². The topological polar surface area (TPSA) is 18.5 Å². The molecule has 1 aliphatic heterocycles. The van der Waals surface area contributed by atoms with Gasteiger partial charge in [0.2, 0.25) is 0 Å². The van der Waals surface area contributed by atoms with E-state index in [2.05, 4.69) is 31.2 Å². The molecule has 0 aromatic heterocycles. The standard InChI is InChI=1S/C13H18O2/c1-10-8-9-12(15-13(10)14-2)11-6-4-3-5-7-11/h3-7,10,12-13H,8-9H2,1-2H3/t10-,12+,13-/m0/s1. The van der Waals surface area contributed by atoms with Gasteiger partial charge in [-0.05, 0) is 18.4 Å². The van der Waals surface area contributed by atoms with Crippen LogP contribution in [0.4, 0.5) is 0 Å². The Morgan fingerprint density at radius 3 is 2.60 bits per heavy atom. The van der Waals surface area contributed by atoms with Crippen LogP contribution in [0.15, 0.2) is 30.3 Å². The highest BCUT2D eigenvalue weighted by atomic mass is 16.7. The van der Waals surface area contributed by atoms with E-state index in [1.165, 1.54) is 5.56 Å². The smallest absolute Gasteiger partial charge is 0.160 e. The zero-order valence-electron chi connectivity index (χ0n) is 9.35. The number of benzene rings is 1. The minimum atomic E-state index is -0.0519. The second kappa shape index (κ2) is 4.77. The maximum absolute atomic E-state index is 5.91. The van der Waals surface area contributed by atoms with Crippen LogP contribution in [0.1, 0.15) is 31.4 Å². The Hall–Kier alpha value is -0.860. The Bertz CT molecular complexity index is 297. The first-order chi connectivity index (χ1) is 7.31. The summed E-state index contributed by atoms with van der Waals surface area (Å²) in [5, 5.41) is 0. The van der Waals surface area contributed by atoms with Crippen molar-refractivity contribution in [2.75, 3.05) is 7.11 Å². The molecular weight excluding hydrogens is 188 g/mol. The third-order valence-corrected chi connectivity index (χ3v) is 3.05. The molecule has 2 heteroatoms. The molecule has 0 bridgehead atoms. The van der Waals surface area contributed by atoms with E-state index in [0.29, 0.717) is 5.92 Å². The van der Waals surface area contributed by atoms with Gasteiger partial charge in [0.25, 0.3) is 0 Å². The van der Waals surface area contributed by atoms with E-state index < -0.39 is 0 Å². The van der Waals surface area contributed by atoms with Gasteiger partial charge in [-0.15, -0.1) is 0 Å². The molecule has 82 valence electrons. The van der Waals surface area contributed by atoms with Gasteiger partial charge in [0.05, 0.1) is 6.10 Å². The van der Waals surface area contributed by atoms with E-state index in [1.807, 2.05) is 6.07 Å². The Balaban J connectivity index is 2.06. The highest BCUT2D eigenvalue weighted by Gasteiger charge is 2.28. The number of methoxy groups -OCH3 is 1. The number of hydrogen-bond donors (Lipinski definition) is 0. The SMILES string of the molecule is CO[C@H]1O[C@@H](c2ccccc2)CC[C@@H]1C. The molecule has 0 spiro atoms. The summed E-state index contributed by atoms with van der Waals surface area (Å²) in [6, 6.07) is 10.4. The lowest BCUT2D eigenvalue weighted by atomic mass is 9.95. The predicted octanol–water partition coefficient (Wildman–Crippen LogP) is 3.15. The largest absolute Gasteiger partial charge is 0.356 e. The average Bonchev–Trinajstić information content (AvgIpc) is 2.31. The maximum atomic E-state index is 5.91. The molecule has 1 aromatic carbocycles. The van der Waals surface area contributed by atoms with Gasteiger partial charge in [-0.1, -0.05) is 37.3 Å². The van der Waals surface area contributed by atoms with Crippen LogP contribution in [0.25, 0.3) is 0 Å². The quantitative estimate of drug-likeness (QED) is 0.740. The Kier molecular flexibility index (Phi) is 3.39. The molecule has 0 N–H and O–H groups in total. The summed E-state index contributed by atoms with van der Waals surface area (Å²) in [6.45, 7) is 2.18. The van der Waals surface area contributed by atoms with Crippen molar-refractivity contribution in [1.82, 2.24) is 0 Å². The van der Waals surface area contributed by atoms with E-state index in [0.717, 1.165) is 12.8 Å². The molecule has 3 atom stereocenters. The predicted molar refractivity (Wildman–Crippen MR) is 59.5 cm³/mol. The second-order valence-electron chi connectivity index (χ2n) is 4.19. The summed E-state index contributed by atoms with van der Waals surface area (Å²) in [5.74, 6) is 0.495. The van der Waals surface area contributed by atoms with Gasteiger partial charge < -0.3 is 9.47 Å². The van der Waals surface area contributed by atoms with Crippen molar-refractivity contribution < 1.29 is 9.47 Å². The van der Waals surface area contributed by atoms with Crippen molar-refractivity contribution in [2.45, 2.75) is 32.2 Å². The van der Waals surface area contributed by atoms with Gasteiger partial charge in [0.15, 0.2) is 6.29 Å². The lowest BCUT2D eigenvalue weighted by molar-refractivity contribution is -0.207. The molecule has 1 aliphatic rings. The lowest BCUT2D eigenvalue weighted by Crippen LogP contribution is -2.31. The van der Waals surface area contributed by atoms with E-state index in [1.54, 1.807) is 7.11 Å². The minimum Gasteiger partial charge on any atom is -0.356 e. The Labute approximate surface area is 91.2 Å². The fourth-order valence-corrected chi connectivity index (χ4v) is 2.12. The first-order valence-electron chi connectivity index (χ1n) is 5.54. The van der Waals surface area contributed by atoms with Crippen LogP contribution < -0.4 is 0 Å². The van der Waals surface area contributed by atoms with E-state index in [9.17, 15) is 0 Å². The normalized spacial score (nSPS) is 31.5. The van der Waals surface area contributed by atoms with Crippen molar-refractivity contribution in [3.05, 3.63) is 35.9 Å². The fourth-order valence-electron chi connectivity index (χ4n) is 2.12. The molecule has 0 amide bonds. The van der Waals surface area contributed by atoms with Gasteiger partial charge in [0.1, 0.15) is 0 Å². The van der Waals surface area contributed by atoms with Gasteiger partial charge in [0, 0.05) is 13.0 Å². The van der Waals surface area contributed by atoms with Crippen molar-refractivity contribution in [2.24, 2.45) is 5.92 Å². The molecule has 0 aliphatic carbocycles. The van der Waals surface area contributed by atoms with Crippen LogP contribution >= 0.6 is 0 Å². The lowest BCUT2D eigenvalue weighted by Gasteiger charge is -2.33. The van der Waals surface area contributed by atoms with Gasteiger partial charge in [-0.2, -0.15) is 0 Å². The summed E-state index contributed by atoms with van der Waals surface area (Å²) in [4.78, 5) is 0. The molecule has 1 fully saturated rings. The van der Waals surface area contributed by atoms with Gasteiger partial charge in [-0.3, -0.25) is 0 Å². The van der Waals surface area contributed by atoms with E-state index >= 15 is 0 Å². The number of hydrogen-bond acceptors (Lipinski definition) is 2. The first-order valence-corrected chi connectivity index (χ1v) is 5.54. The molecular formula is C13H18O2. The summed E-state index contributed by atoms with van der Waals surface area (Å²) < 4.78 is 11.2. The monoisotopic (exact) mass is 206 g/mol. The van der Waals surface area contributed by atoms with Crippen LogP contribution in [0, 0.1) is 5.92 Å². The number of rotatable bonds is 2. The average molecular weight is 206 g/mol. The zero-order chi connectivity index (χ0) is 10.7. The molecule has 2 nitrogen and oxygen atoms in total. The highest BCUT2D eigenvalue weighted by molar-refractivity contribution is 5.17. The summed E-state index contributed by atoms with van der Waals surface area (Å²) in [7, 11) is 1.72. The molecule has 2 rings (SSSR count). The molecule has 0 radical (unpaired) electrons. The van der Waals surface area contributed by atoms with Gasteiger partial charge in [-0.25, -0.2) is 0 Å². The zero-order valence-corrected chi connectivity index (χ0v) is 9.35. The molecule has 1 aromatic rings. The third kappa shape index (κ3) is 2.39. The van der Waals surface area contributed by atoms with Crippen LogP contribution in [-0.2, 0) is 9.47 Å². The Morgan fingerprint density at radius 1 is 1.20 bits per heavy atom. The van der Waals surface area contributed by atoms with Crippen LogP contribution in [0.3, 0.4) is 0 Å². The molecule has 0 saturated carbocycles. The van der Waals surface area contributed by atoms with Crippen molar-refractivity contribution >= 4 is 0 Å². The first kappa shape index (κ1) is 10.7. The van der Waals surface area contributed by atoms with Crippen molar-refractivity contribution in [3.8, 4) is 0 Å². The highest BCUT2D eigenvalue weighted by Crippen LogP contribution is 2.34. The maximum Gasteiger partial charge on any atom is 0.160 e. The summed E-state index contributed by atoms with van der Waals surface area (Å²) in [5.41, 5.74) is 1.26. The minimum absolute atomic E-state index is 0.0519. The second-order valence-corrected chi connectivity index (χ2v) is 4.19. The van der Waals surface area contributed by atoms with E-state index in [4.69, 9.17) is 9.47 Å². The summed E-state index contributed by atoms with van der Waals surface area (Å²) >= 11 is 0. The third-order valence-electron chi connectivity index (χ3n) is 3.05. The molecule has 0 unspecified atom stereocenters. The fraction of sp³-hybridized carbons (Fsp3) is 0.538. The number of ether oxygens (including phenoxy) is 2. The van der Waals surface area contributed by atoms with Crippen LogP contribution in [-0.4, -0.2) is 13.4 Å². The Morgan fingerprint density at radius 2 is 1.93 bits per heavy atom. The van der Waals surface area contributed by atoms with Gasteiger partial charge >= 0.3 is 0 Å². The molecule has 15 heavy (non-hydrogen) atoms.